The lowest BCUT2D eigenvalue weighted by Crippen LogP contribution is -2.38. The summed E-state index contributed by atoms with van der Waals surface area (Å²) >= 11 is 0. The molecule has 0 atom stereocenters. The molecule has 1 aromatic heterocycles. The Morgan fingerprint density at radius 2 is 1.96 bits per heavy atom. The number of nitrogens with zero attached hydrogens (tertiary/aromatic N) is 3. The zero-order chi connectivity index (χ0) is 17.2. The van der Waals surface area contributed by atoms with Gasteiger partial charge in [0.1, 0.15) is 18.6 Å². The topological polar surface area (TPSA) is 75.9 Å². The van der Waals surface area contributed by atoms with E-state index in [2.05, 4.69) is 4.98 Å². The van der Waals surface area contributed by atoms with Gasteiger partial charge in [-0.05, 0) is 31.4 Å². The molecule has 7 heteroatoms. The summed E-state index contributed by atoms with van der Waals surface area (Å²) in [5.74, 6) is 0.716. The van der Waals surface area contributed by atoms with E-state index in [9.17, 15) is 9.59 Å². The SMILES string of the molecule is O=C(c1coc(CN2C(=O)COc3ccccc32)n1)N1CCCCC1. The van der Waals surface area contributed by atoms with E-state index < -0.39 is 0 Å². The zero-order valence-corrected chi connectivity index (χ0v) is 13.8. The quantitative estimate of drug-likeness (QED) is 0.856. The number of hydrogen-bond donors (Lipinski definition) is 0. The molecule has 2 aliphatic rings. The van der Waals surface area contributed by atoms with Crippen LogP contribution in [0.3, 0.4) is 0 Å². The van der Waals surface area contributed by atoms with Crippen LogP contribution in [0, 0.1) is 0 Å². The molecule has 2 amide bonds. The second-order valence-corrected chi connectivity index (χ2v) is 6.22. The van der Waals surface area contributed by atoms with Crippen molar-refractivity contribution in [1.29, 1.82) is 0 Å². The molecule has 4 rings (SSSR count). The first-order valence-corrected chi connectivity index (χ1v) is 8.48. The van der Waals surface area contributed by atoms with Gasteiger partial charge in [0.2, 0.25) is 5.89 Å². The van der Waals surface area contributed by atoms with Crippen molar-refractivity contribution in [2.45, 2.75) is 25.8 Å². The highest BCUT2D eigenvalue weighted by atomic mass is 16.5. The zero-order valence-electron chi connectivity index (χ0n) is 13.8. The number of aromatic nitrogens is 1. The van der Waals surface area contributed by atoms with Gasteiger partial charge in [-0.25, -0.2) is 4.98 Å². The number of hydrogen-bond acceptors (Lipinski definition) is 5. The van der Waals surface area contributed by atoms with Crippen LogP contribution in [0.25, 0.3) is 0 Å². The predicted octanol–water partition coefficient (Wildman–Crippen LogP) is 2.23. The fourth-order valence-corrected chi connectivity index (χ4v) is 3.20. The summed E-state index contributed by atoms with van der Waals surface area (Å²) in [6.45, 7) is 1.68. The van der Waals surface area contributed by atoms with Crippen LogP contribution in [0.15, 0.2) is 34.9 Å². The Morgan fingerprint density at radius 1 is 1.16 bits per heavy atom. The number of anilines is 1. The number of ether oxygens (including phenoxy) is 1. The molecule has 1 fully saturated rings. The standard InChI is InChI=1S/C18H19N3O4/c22-17-12-24-15-7-3-2-6-14(15)21(17)10-16-19-13(11-25-16)18(23)20-8-4-1-5-9-20/h2-3,6-7,11H,1,4-5,8-10,12H2. The summed E-state index contributed by atoms with van der Waals surface area (Å²) in [6.07, 6.45) is 4.58. The van der Waals surface area contributed by atoms with Gasteiger partial charge in [-0.1, -0.05) is 12.1 Å². The van der Waals surface area contributed by atoms with Gasteiger partial charge in [-0.2, -0.15) is 0 Å². The van der Waals surface area contributed by atoms with E-state index in [4.69, 9.17) is 9.15 Å². The second-order valence-electron chi connectivity index (χ2n) is 6.22. The van der Waals surface area contributed by atoms with E-state index in [1.807, 2.05) is 24.3 Å². The van der Waals surface area contributed by atoms with Crippen molar-refractivity contribution in [3.8, 4) is 5.75 Å². The molecule has 25 heavy (non-hydrogen) atoms. The highest BCUT2D eigenvalue weighted by Crippen LogP contribution is 2.32. The molecule has 0 radical (unpaired) electrons. The van der Waals surface area contributed by atoms with Gasteiger partial charge < -0.3 is 14.1 Å². The molecule has 0 N–H and O–H groups in total. The molecule has 0 bridgehead atoms. The molecule has 1 aromatic carbocycles. The fraction of sp³-hybridized carbons (Fsp3) is 0.389. The van der Waals surface area contributed by atoms with Crippen molar-refractivity contribution >= 4 is 17.5 Å². The van der Waals surface area contributed by atoms with Gasteiger partial charge in [-0.15, -0.1) is 0 Å². The number of fused-ring (bicyclic) bond motifs is 1. The number of amides is 2. The largest absolute Gasteiger partial charge is 0.482 e. The Balaban J connectivity index is 1.51. The summed E-state index contributed by atoms with van der Waals surface area (Å²) < 4.78 is 10.9. The lowest BCUT2D eigenvalue weighted by molar-refractivity contribution is -0.121. The van der Waals surface area contributed by atoms with Crippen molar-refractivity contribution in [1.82, 2.24) is 9.88 Å². The first kappa shape index (κ1) is 15.7. The van der Waals surface area contributed by atoms with Gasteiger partial charge in [-0.3, -0.25) is 14.5 Å². The van der Waals surface area contributed by atoms with Crippen molar-refractivity contribution < 1.29 is 18.7 Å². The van der Waals surface area contributed by atoms with E-state index in [0.717, 1.165) is 32.4 Å². The summed E-state index contributed by atoms with van der Waals surface area (Å²) in [4.78, 5) is 32.3. The maximum atomic E-state index is 12.5. The minimum Gasteiger partial charge on any atom is -0.482 e. The van der Waals surface area contributed by atoms with Crippen molar-refractivity contribution in [2.24, 2.45) is 0 Å². The van der Waals surface area contributed by atoms with Gasteiger partial charge in [0, 0.05) is 13.1 Å². The molecule has 2 aromatic rings. The maximum Gasteiger partial charge on any atom is 0.275 e. The summed E-state index contributed by atoms with van der Waals surface area (Å²) in [7, 11) is 0. The smallest absolute Gasteiger partial charge is 0.275 e. The van der Waals surface area contributed by atoms with Crippen LogP contribution < -0.4 is 9.64 Å². The van der Waals surface area contributed by atoms with E-state index >= 15 is 0 Å². The molecule has 0 aliphatic carbocycles. The fourth-order valence-electron chi connectivity index (χ4n) is 3.20. The maximum absolute atomic E-state index is 12.5. The second kappa shape index (κ2) is 6.58. The molecule has 0 unspecified atom stereocenters. The Morgan fingerprint density at radius 3 is 2.80 bits per heavy atom. The number of oxazole rings is 1. The Labute approximate surface area is 145 Å². The minimum atomic E-state index is -0.166. The van der Waals surface area contributed by atoms with Crippen LogP contribution in [-0.2, 0) is 11.3 Å². The summed E-state index contributed by atoms with van der Waals surface area (Å²) in [6, 6.07) is 7.33. The third-order valence-electron chi connectivity index (χ3n) is 4.52. The molecule has 2 aliphatic heterocycles. The van der Waals surface area contributed by atoms with Gasteiger partial charge in [0.05, 0.1) is 5.69 Å². The van der Waals surface area contributed by atoms with Gasteiger partial charge in [0.15, 0.2) is 12.3 Å². The van der Waals surface area contributed by atoms with E-state index in [1.54, 1.807) is 9.80 Å². The van der Waals surface area contributed by atoms with E-state index in [-0.39, 0.29) is 25.0 Å². The predicted molar refractivity (Wildman–Crippen MR) is 89.4 cm³/mol. The molecular formula is C18H19N3O4. The Bertz CT molecular complexity index is 795. The molecule has 7 nitrogen and oxygen atoms in total. The highest BCUT2D eigenvalue weighted by Gasteiger charge is 2.28. The average molecular weight is 341 g/mol. The molecular weight excluding hydrogens is 322 g/mol. The van der Waals surface area contributed by atoms with Crippen LogP contribution in [0.4, 0.5) is 5.69 Å². The van der Waals surface area contributed by atoms with Crippen molar-refractivity contribution in [3.63, 3.8) is 0 Å². The van der Waals surface area contributed by atoms with Gasteiger partial charge >= 0.3 is 0 Å². The number of para-hydroxylation sites is 2. The van der Waals surface area contributed by atoms with Crippen LogP contribution in [0.2, 0.25) is 0 Å². The molecule has 130 valence electrons. The number of carbonyl (C=O) groups excluding carboxylic acids is 2. The lowest BCUT2D eigenvalue weighted by Gasteiger charge is -2.28. The first-order valence-electron chi connectivity index (χ1n) is 8.48. The monoisotopic (exact) mass is 341 g/mol. The number of rotatable bonds is 3. The van der Waals surface area contributed by atoms with Crippen LogP contribution in [-0.4, -0.2) is 41.4 Å². The van der Waals surface area contributed by atoms with Crippen LogP contribution in [0.1, 0.15) is 35.6 Å². The normalized spacial score (nSPS) is 17.2. The summed E-state index contributed by atoms with van der Waals surface area (Å²) in [5.41, 5.74) is 0.978. The average Bonchev–Trinajstić information content (AvgIpc) is 3.13. The Kier molecular flexibility index (Phi) is 4.13. The number of benzene rings is 1. The molecule has 3 heterocycles. The van der Waals surface area contributed by atoms with Crippen LogP contribution >= 0.6 is 0 Å². The molecule has 0 spiro atoms. The van der Waals surface area contributed by atoms with Crippen LogP contribution in [0.5, 0.6) is 5.75 Å². The van der Waals surface area contributed by atoms with E-state index in [0.29, 0.717) is 23.0 Å². The highest BCUT2D eigenvalue weighted by molar-refractivity contribution is 5.97. The third-order valence-corrected chi connectivity index (χ3v) is 4.52. The minimum absolute atomic E-state index is 0.0166. The number of carbonyl (C=O) groups is 2. The first-order chi connectivity index (χ1) is 12.2. The molecule has 0 saturated carbocycles. The number of likely N-dealkylation sites (tertiary alicyclic amines) is 1. The summed E-state index contributed by atoms with van der Waals surface area (Å²) in [5, 5.41) is 0. The molecule has 1 saturated heterocycles. The van der Waals surface area contributed by atoms with Crippen molar-refractivity contribution in [2.75, 3.05) is 24.6 Å². The van der Waals surface area contributed by atoms with Gasteiger partial charge in [0.25, 0.3) is 11.8 Å². The Hall–Kier alpha value is -2.83. The number of piperidine rings is 1. The third kappa shape index (κ3) is 3.09. The lowest BCUT2D eigenvalue weighted by atomic mass is 10.1. The van der Waals surface area contributed by atoms with E-state index in [1.165, 1.54) is 6.26 Å². The van der Waals surface area contributed by atoms with Crippen molar-refractivity contribution in [3.05, 3.63) is 42.1 Å².